The first-order chi connectivity index (χ1) is 13.5. The molecule has 152 valence electrons. The number of carbonyl (C=O) groups excluding carboxylic acids is 1. The predicted octanol–water partition coefficient (Wildman–Crippen LogP) is 2.83. The lowest BCUT2D eigenvalue weighted by Crippen LogP contribution is -2.31. The van der Waals surface area contributed by atoms with Gasteiger partial charge in [-0.3, -0.25) is 4.79 Å². The molecule has 1 aliphatic rings. The number of nitrogens with one attached hydrogen (secondary N) is 2. The van der Waals surface area contributed by atoms with Crippen molar-refractivity contribution >= 4 is 23.4 Å². The Bertz CT molecular complexity index is 775. The molecule has 1 saturated heterocycles. The highest BCUT2D eigenvalue weighted by Crippen LogP contribution is 2.22. The standard InChI is InChI=1S/C19H26FN5O2S/c1-13(2)22-18(26)12-28-19-24-23-17(25(19)11-16-4-3-9-27-16)10-21-15-7-5-14(20)6-8-15/h5-8,13,16,21H,3-4,9-12H2,1-2H3,(H,22,26)/t16-/m1/s1. The minimum absolute atomic E-state index is 0.0300. The lowest BCUT2D eigenvalue weighted by atomic mass is 10.2. The molecule has 3 rings (SSSR count). The summed E-state index contributed by atoms with van der Waals surface area (Å²) in [6.07, 6.45) is 2.18. The second-order valence-electron chi connectivity index (χ2n) is 7.02. The maximum Gasteiger partial charge on any atom is 0.230 e. The minimum atomic E-state index is -0.273. The smallest absolute Gasteiger partial charge is 0.230 e. The van der Waals surface area contributed by atoms with Crippen molar-refractivity contribution in [1.29, 1.82) is 0 Å². The molecule has 1 aliphatic heterocycles. The SMILES string of the molecule is CC(C)NC(=O)CSc1nnc(CNc2ccc(F)cc2)n1C[C@H]1CCCO1. The van der Waals surface area contributed by atoms with Gasteiger partial charge in [0.1, 0.15) is 5.82 Å². The van der Waals surface area contributed by atoms with E-state index in [1.807, 2.05) is 18.4 Å². The van der Waals surface area contributed by atoms with Gasteiger partial charge < -0.3 is 19.9 Å². The highest BCUT2D eigenvalue weighted by atomic mass is 32.2. The number of ether oxygens (including phenoxy) is 1. The number of benzene rings is 1. The first kappa shape index (κ1) is 20.6. The van der Waals surface area contributed by atoms with Crippen molar-refractivity contribution in [2.24, 2.45) is 0 Å². The van der Waals surface area contributed by atoms with Gasteiger partial charge in [-0.2, -0.15) is 0 Å². The summed E-state index contributed by atoms with van der Waals surface area (Å²) in [4.78, 5) is 12.0. The van der Waals surface area contributed by atoms with E-state index in [0.717, 1.165) is 31.0 Å². The zero-order valence-corrected chi connectivity index (χ0v) is 17.0. The number of rotatable bonds is 9. The zero-order chi connectivity index (χ0) is 19.9. The van der Waals surface area contributed by atoms with Crippen LogP contribution in [0.1, 0.15) is 32.5 Å². The van der Waals surface area contributed by atoms with E-state index in [4.69, 9.17) is 4.74 Å². The van der Waals surface area contributed by atoms with Crippen molar-refractivity contribution in [2.45, 2.75) is 57.1 Å². The summed E-state index contributed by atoms with van der Waals surface area (Å²) in [5, 5.41) is 15.4. The average Bonchev–Trinajstić information content (AvgIpc) is 3.30. The summed E-state index contributed by atoms with van der Waals surface area (Å²) in [5.74, 6) is 0.738. The first-order valence-corrected chi connectivity index (χ1v) is 10.4. The van der Waals surface area contributed by atoms with Crippen molar-refractivity contribution in [3.05, 3.63) is 35.9 Å². The monoisotopic (exact) mass is 407 g/mol. The van der Waals surface area contributed by atoms with Gasteiger partial charge in [-0.1, -0.05) is 11.8 Å². The third kappa shape index (κ3) is 5.93. The van der Waals surface area contributed by atoms with Gasteiger partial charge in [0, 0.05) is 18.3 Å². The fraction of sp³-hybridized carbons (Fsp3) is 0.526. The summed E-state index contributed by atoms with van der Waals surface area (Å²) in [5.41, 5.74) is 0.804. The molecule has 2 heterocycles. The number of hydrogen-bond acceptors (Lipinski definition) is 6. The van der Waals surface area contributed by atoms with Crippen LogP contribution in [0.5, 0.6) is 0 Å². The molecule has 1 aromatic heterocycles. The molecule has 0 saturated carbocycles. The van der Waals surface area contributed by atoms with Crippen LogP contribution in [0.4, 0.5) is 10.1 Å². The van der Waals surface area contributed by atoms with Crippen LogP contribution in [0.25, 0.3) is 0 Å². The van der Waals surface area contributed by atoms with Crippen molar-refractivity contribution in [1.82, 2.24) is 20.1 Å². The lowest BCUT2D eigenvalue weighted by Gasteiger charge is -2.15. The van der Waals surface area contributed by atoms with E-state index in [2.05, 4.69) is 20.8 Å². The van der Waals surface area contributed by atoms with Crippen LogP contribution in [0.3, 0.4) is 0 Å². The van der Waals surface area contributed by atoms with Gasteiger partial charge in [0.2, 0.25) is 5.91 Å². The largest absolute Gasteiger partial charge is 0.378 e. The van der Waals surface area contributed by atoms with Crippen LogP contribution < -0.4 is 10.6 Å². The Hall–Kier alpha value is -2.13. The number of amides is 1. The van der Waals surface area contributed by atoms with E-state index in [1.54, 1.807) is 12.1 Å². The lowest BCUT2D eigenvalue weighted by molar-refractivity contribution is -0.119. The molecule has 1 amide bonds. The molecule has 28 heavy (non-hydrogen) atoms. The Labute approximate surface area is 168 Å². The van der Waals surface area contributed by atoms with E-state index in [1.165, 1.54) is 23.9 Å². The number of hydrogen-bond donors (Lipinski definition) is 2. The van der Waals surface area contributed by atoms with Crippen LogP contribution in [-0.2, 0) is 22.6 Å². The molecule has 9 heteroatoms. The summed E-state index contributed by atoms with van der Waals surface area (Å²) < 4.78 is 20.8. The van der Waals surface area contributed by atoms with Gasteiger partial charge in [-0.15, -0.1) is 10.2 Å². The number of anilines is 1. The molecular weight excluding hydrogens is 381 g/mol. The van der Waals surface area contributed by atoms with Crippen LogP contribution in [0.15, 0.2) is 29.4 Å². The third-order valence-electron chi connectivity index (χ3n) is 4.28. The van der Waals surface area contributed by atoms with Crippen LogP contribution in [0, 0.1) is 5.82 Å². The second-order valence-corrected chi connectivity index (χ2v) is 7.96. The second kappa shape index (κ2) is 9.88. The molecule has 7 nitrogen and oxygen atoms in total. The molecule has 0 spiro atoms. The van der Waals surface area contributed by atoms with E-state index in [-0.39, 0.29) is 29.6 Å². The van der Waals surface area contributed by atoms with Gasteiger partial charge in [0.05, 0.1) is 24.9 Å². The Morgan fingerprint density at radius 2 is 2.14 bits per heavy atom. The maximum absolute atomic E-state index is 13.1. The van der Waals surface area contributed by atoms with E-state index < -0.39 is 0 Å². The molecule has 0 unspecified atom stereocenters. The Morgan fingerprint density at radius 1 is 1.36 bits per heavy atom. The van der Waals surface area contributed by atoms with Gasteiger partial charge in [-0.05, 0) is 51.0 Å². The third-order valence-corrected chi connectivity index (χ3v) is 5.25. The van der Waals surface area contributed by atoms with Crippen molar-refractivity contribution in [3.63, 3.8) is 0 Å². The summed E-state index contributed by atoms with van der Waals surface area (Å²) >= 11 is 1.37. The van der Waals surface area contributed by atoms with Gasteiger partial charge >= 0.3 is 0 Å². The highest BCUT2D eigenvalue weighted by molar-refractivity contribution is 7.99. The van der Waals surface area contributed by atoms with Gasteiger partial charge in [-0.25, -0.2) is 4.39 Å². The molecule has 2 N–H and O–H groups in total. The number of nitrogens with zero attached hydrogens (tertiary/aromatic N) is 3. The number of halogens is 1. The molecule has 1 fully saturated rings. The minimum Gasteiger partial charge on any atom is -0.378 e. The molecule has 0 aliphatic carbocycles. The van der Waals surface area contributed by atoms with E-state index in [9.17, 15) is 9.18 Å². The summed E-state index contributed by atoms with van der Waals surface area (Å²) in [6, 6.07) is 6.29. The molecule has 1 aromatic carbocycles. The van der Waals surface area contributed by atoms with Crippen molar-refractivity contribution < 1.29 is 13.9 Å². The molecule has 1 atom stereocenters. The number of aromatic nitrogens is 3. The normalized spacial score (nSPS) is 16.5. The van der Waals surface area contributed by atoms with Gasteiger partial charge in [0.15, 0.2) is 11.0 Å². The predicted molar refractivity (Wildman–Crippen MR) is 107 cm³/mol. The summed E-state index contributed by atoms with van der Waals surface area (Å²) in [7, 11) is 0. The topological polar surface area (TPSA) is 81.1 Å². The molecule has 0 bridgehead atoms. The molecule has 0 radical (unpaired) electrons. The Kier molecular flexibility index (Phi) is 7.27. The average molecular weight is 408 g/mol. The van der Waals surface area contributed by atoms with Gasteiger partial charge in [0.25, 0.3) is 0 Å². The molecular formula is C19H26FN5O2S. The fourth-order valence-electron chi connectivity index (χ4n) is 2.97. The zero-order valence-electron chi connectivity index (χ0n) is 16.2. The quantitative estimate of drug-likeness (QED) is 0.622. The van der Waals surface area contributed by atoms with Crippen LogP contribution >= 0.6 is 11.8 Å². The Balaban J connectivity index is 1.68. The van der Waals surface area contributed by atoms with E-state index in [0.29, 0.717) is 18.2 Å². The Morgan fingerprint density at radius 3 is 2.82 bits per heavy atom. The fourth-order valence-corrected chi connectivity index (χ4v) is 3.75. The van der Waals surface area contributed by atoms with Crippen LogP contribution in [-0.4, -0.2) is 45.2 Å². The van der Waals surface area contributed by atoms with E-state index >= 15 is 0 Å². The number of carbonyl (C=O) groups is 1. The van der Waals surface area contributed by atoms with Crippen molar-refractivity contribution in [2.75, 3.05) is 17.7 Å². The molecule has 2 aromatic rings. The van der Waals surface area contributed by atoms with Crippen LogP contribution in [0.2, 0.25) is 0 Å². The van der Waals surface area contributed by atoms with Crippen molar-refractivity contribution in [3.8, 4) is 0 Å². The number of thioether (sulfide) groups is 1. The maximum atomic E-state index is 13.1. The first-order valence-electron chi connectivity index (χ1n) is 9.46. The summed E-state index contributed by atoms with van der Waals surface area (Å²) in [6.45, 7) is 5.74. The highest BCUT2D eigenvalue weighted by Gasteiger charge is 2.21.